The van der Waals surface area contributed by atoms with E-state index in [0.717, 1.165) is 35.3 Å². The van der Waals surface area contributed by atoms with Crippen LogP contribution in [0.25, 0.3) is 0 Å². The Morgan fingerprint density at radius 3 is 2.71 bits per heavy atom. The van der Waals surface area contributed by atoms with E-state index in [4.69, 9.17) is 9.47 Å². The molecule has 0 aromatic heterocycles. The van der Waals surface area contributed by atoms with Crippen molar-refractivity contribution in [2.24, 2.45) is 0 Å². The highest BCUT2D eigenvalue weighted by Gasteiger charge is 2.08. The third-order valence-electron chi connectivity index (χ3n) is 2.82. The third-order valence-corrected chi connectivity index (χ3v) is 3.60. The van der Waals surface area contributed by atoms with Crippen molar-refractivity contribution in [1.82, 2.24) is 5.32 Å². The van der Waals surface area contributed by atoms with Gasteiger partial charge in [-0.15, -0.1) is 0 Å². The summed E-state index contributed by atoms with van der Waals surface area (Å²) in [7, 11) is 0. The second kappa shape index (κ2) is 10.2. The van der Waals surface area contributed by atoms with Crippen molar-refractivity contribution >= 4 is 15.9 Å². The Morgan fingerprint density at radius 2 is 2.05 bits per heavy atom. The van der Waals surface area contributed by atoms with Crippen LogP contribution in [0.1, 0.15) is 32.8 Å². The first-order chi connectivity index (χ1) is 10.0. The van der Waals surface area contributed by atoms with Gasteiger partial charge in [-0.1, -0.05) is 22.9 Å². The highest BCUT2D eigenvalue weighted by molar-refractivity contribution is 9.10. The van der Waals surface area contributed by atoms with Gasteiger partial charge in [0.05, 0.1) is 12.7 Å². The molecule has 0 aliphatic heterocycles. The number of hydrogen-bond acceptors (Lipinski definition) is 4. The van der Waals surface area contributed by atoms with E-state index in [-0.39, 0.29) is 12.7 Å². The van der Waals surface area contributed by atoms with Crippen molar-refractivity contribution in [3.8, 4) is 5.75 Å². The molecule has 5 heteroatoms. The van der Waals surface area contributed by atoms with E-state index in [1.165, 1.54) is 0 Å². The minimum Gasteiger partial charge on any atom is -0.491 e. The molecule has 0 saturated heterocycles. The molecular weight excluding hydrogens is 334 g/mol. The first kappa shape index (κ1) is 18.4. The van der Waals surface area contributed by atoms with Gasteiger partial charge in [0.15, 0.2) is 0 Å². The average Bonchev–Trinajstić information content (AvgIpc) is 2.45. The van der Waals surface area contributed by atoms with Crippen LogP contribution in [-0.4, -0.2) is 37.1 Å². The van der Waals surface area contributed by atoms with E-state index in [0.29, 0.717) is 6.61 Å². The maximum atomic E-state index is 9.79. The molecule has 1 aromatic carbocycles. The van der Waals surface area contributed by atoms with Gasteiger partial charge in [0.25, 0.3) is 0 Å². The van der Waals surface area contributed by atoms with Gasteiger partial charge in [-0.25, -0.2) is 0 Å². The van der Waals surface area contributed by atoms with E-state index in [2.05, 4.69) is 28.2 Å². The first-order valence-corrected chi connectivity index (χ1v) is 8.23. The van der Waals surface area contributed by atoms with Crippen molar-refractivity contribution in [3.05, 3.63) is 28.2 Å². The van der Waals surface area contributed by atoms with Crippen LogP contribution in [-0.2, 0) is 11.3 Å². The van der Waals surface area contributed by atoms with Crippen molar-refractivity contribution in [1.29, 1.82) is 0 Å². The van der Waals surface area contributed by atoms with E-state index >= 15 is 0 Å². The number of aliphatic hydroxyl groups excluding tert-OH is 1. The Balaban J connectivity index is 2.45. The molecule has 2 N–H and O–H groups in total. The second-order valence-electron chi connectivity index (χ2n) is 5.28. The molecule has 0 radical (unpaired) electrons. The molecule has 4 nitrogen and oxygen atoms in total. The zero-order valence-corrected chi connectivity index (χ0v) is 14.6. The Hall–Kier alpha value is -0.620. The number of ether oxygens (including phenoxy) is 2. The molecule has 0 fully saturated rings. The summed E-state index contributed by atoms with van der Waals surface area (Å²) in [6.45, 7) is 8.33. The molecule has 0 bridgehead atoms. The summed E-state index contributed by atoms with van der Waals surface area (Å²) in [5, 5.41) is 13.1. The van der Waals surface area contributed by atoms with E-state index in [1.807, 2.05) is 32.0 Å². The molecule has 1 rings (SSSR count). The van der Waals surface area contributed by atoms with E-state index in [1.54, 1.807) is 0 Å². The summed E-state index contributed by atoms with van der Waals surface area (Å²) in [5.41, 5.74) is 1.15. The molecule has 21 heavy (non-hydrogen) atoms. The Morgan fingerprint density at radius 1 is 1.29 bits per heavy atom. The maximum absolute atomic E-state index is 9.79. The fraction of sp³-hybridized carbons (Fsp3) is 0.625. The highest BCUT2D eigenvalue weighted by Crippen LogP contribution is 2.22. The van der Waals surface area contributed by atoms with Crippen LogP contribution in [0.3, 0.4) is 0 Å². The average molecular weight is 360 g/mol. The molecule has 0 saturated carbocycles. The van der Waals surface area contributed by atoms with Gasteiger partial charge in [0.1, 0.15) is 18.5 Å². The van der Waals surface area contributed by atoms with Gasteiger partial charge < -0.3 is 19.9 Å². The van der Waals surface area contributed by atoms with E-state index < -0.39 is 6.10 Å². The maximum Gasteiger partial charge on any atom is 0.119 e. The SMILES string of the molecule is CCCNCc1cc(OCC(O)COC(C)C)ccc1Br. The Bertz CT molecular complexity index is 413. The first-order valence-electron chi connectivity index (χ1n) is 7.44. The summed E-state index contributed by atoms with van der Waals surface area (Å²) < 4.78 is 12.0. The third kappa shape index (κ3) is 7.81. The minimum atomic E-state index is -0.613. The van der Waals surface area contributed by atoms with Gasteiger partial charge in [0.2, 0.25) is 0 Å². The van der Waals surface area contributed by atoms with Crippen LogP contribution >= 0.6 is 15.9 Å². The number of benzene rings is 1. The van der Waals surface area contributed by atoms with Crippen LogP contribution in [0, 0.1) is 0 Å². The quantitative estimate of drug-likeness (QED) is 0.630. The summed E-state index contributed by atoms with van der Waals surface area (Å²) in [4.78, 5) is 0. The highest BCUT2D eigenvalue weighted by atomic mass is 79.9. The fourth-order valence-electron chi connectivity index (χ4n) is 1.72. The molecule has 0 aliphatic carbocycles. The molecule has 120 valence electrons. The smallest absolute Gasteiger partial charge is 0.119 e. The van der Waals surface area contributed by atoms with Gasteiger partial charge in [-0.05, 0) is 50.6 Å². The summed E-state index contributed by atoms with van der Waals surface area (Å²) in [6.07, 6.45) is 0.608. The van der Waals surface area contributed by atoms with Crippen LogP contribution in [0.5, 0.6) is 5.75 Å². The number of aliphatic hydroxyl groups is 1. The number of nitrogens with one attached hydrogen (secondary N) is 1. The summed E-state index contributed by atoms with van der Waals surface area (Å²) in [6, 6.07) is 5.85. The van der Waals surface area contributed by atoms with Gasteiger partial charge in [-0.3, -0.25) is 0 Å². The van der Waals surface area contributed by atoms with Crippen molar-refractivity contribution in [3.63, 3.8) is 0 Å². The molecule has 1 aromatic rings. The zero-order valence-electron chi connectivity index (χ0n) is 13.1. The van der Waals surface area contributed by atoms with Crippen molar-refractivity contribution in [2.45, 2.75) is 45.9 Å². The minimum absolute atomic E-state index is 0.114. The lowest BCUT2D eigenvalue weighted by Crippen LogP contribution is -2.25. The number of rotatable bonds is 10. The Kier molecular flexibility index (Phi) is 8.92. The van der Waals surface area contributed by atoms with E-state index in [9.17, 15) is 5.11 Å². The van der Waals surface area contributed by atoms with Gasteiger partial charge >= 0.3 is 0 Å². The Labute approximate surface area is 136 Å². The molecule has 0 amide bonds. The molecule has 1 unspecified atom stereocenters. The molecule has 0 aliphatic rings. The normalized spacial score (nSPS) is 12.7. The lowest BCUT2D eigenvalue weighted by atomic mass is 10.2. The molecule has 0 heterocycles. The predicted molar refractivity (Wildman–Crippen MR) is 88.7 cm³/mol. The summed E-state index contributed by atoms with van der Waals surface area (Å²) in [5.74, 6) is 0.759. The van der Waals surface area contributed by atoms with Crippen LogP contribution in [0.4, 0.5) is 0 Å². The van der Waals surface area contributed by atoms with Gasteiger partial charge in [-0.2, -0.15) is 0 Å². The van der Waals surface area contributed by atoms with Crippen LogP contribution in [0.2, 0.25) is 0 Å². The molecular formula is C16H26BrNO3. The standard InChI is InChI=1S/C16H26BrNO3/c1-4-7-18-9-13-8-15(5-6-16(13)17)21-11-14(19)10-20-12(2)3/h5-6,8,12,14,18-19H,4,7,9-11H2,1-3H3. The monoisotopic (exact) mass is 359 g/mol. The second-order valence-corrected chi connectivity index (χ2v) is 6.13. The summed E-state index contributed by atoms with van der Waals surface area (Å²) >= 11 is 3.54. The topological polar surface area (TPSA) is 50.7 Å². The van der Waals surface area contributed by atoms with Crippen LogP contribution in [0.15, 0.2) is 22.7 Å². The van der Waals surface area contributed by atoms with Gasteiger partial charge in [0, 0.05) is 11.0 Å². The van der Waals surface area contributed by atoms with Crippen LogP contribution < -0.4 is 10.1 Å². The predicted octanol–water partition coefficient (Wildman–Crippen LogP) is 3.11. The molecule has 0 spiro atoms. The number of hydrogen-bond donors (Lipinski definition) is 2. The zero-order chi connectivity index (χ0) is 15.7. The lowest BCUT2D eigenvalue weighted by molar-refractivity contribution is -0.0122. The lowest BCUT2D eigenvalue weighted by Gasteiger charge is -2.15. The van der Waals surface area contributed by atoms with Crippen molar-refractivity contribution in [2.75, 3.05) is 19.8 Å². The van der Waals surface area contributed by atoms with Crippen molar-refractivity contribution < 1.29 is 14.6 Å². The fourth-order valence-corrected chi connectivity index (χ4v) is 2.11. The largest absolute Gasteiger partial charge is 0.491 e. The molecule has 1 atom stereocenters. The number of halogens is 1.